The van der Waals surface area contributed by atoms with Gasteiger partial charge in [-0.2, -0.15) is 5.10 Å². The van der Waals surface area contributed by atoms with Crippen molar-refractivity contribution >= 4 is 34.2 Å². The van der Waals surface area contributed by atoms with E-state index in [1.807, 2.05) is 0 Å². The van der Waals surface area contributed by atoms with Crippen molar-refractivity contribution < 1.29 is 14.3 Å². The van der Waals surface area contributed by atoms with E-state index in [-0.39, 0.29) is 17.5 Å². The molecule has 1 amide bonds. The number of carbonyl (C=O) groups is 1. The van der Waals surface area contributed by atoms with Crippen molar-refractivity contribution in [2.75, 3.05) is 19.5 Å². The van der Waals surface area contributed by atoms with E-state index in [1.165, 1.54) is 36.0 Å². The van der Waals surface area contributed by atoms with Crippen LogP contribution in [0.4, 0.5) is 5.69 Å². The van der Waals surface area contributed by atoms with Crippen LogP contribution in [-0.2, 0) is 11.3 Å². The molecule has 9 nitrogen and oxygen atoms in total. The number of anilines is 1. The first-order valence-electron chi connectivity index (χ1n) is 9.21. The van der Waals surface area contributed by atoms with Gasteiger partial charge in [-0.05, 0) is 30.3 Å². The lowest BCUT2D eigenvalue weighted by molar-refractivity contribution is -0.116. The predicted molar refractivity (Wildman–Crippen MR) is 116 cm³/mol. The van der Waals surface area contributed by atoms with Crippen molar-refractivity contribution in [2.45, 2.75) is 6.54 Å². The van der Waals surface area contributed by atoms with E-state index in [2.05, 4.69) is 15.4 Å². The first kappa shape index (κ1) is 20.4. The number of hydrogen-bond acceptors (Lipinski definition) is 6. The molecule has 0 saturated carbocycles. The molecule has 0 atom stereocenters. The SMILES string of the molecule is COc1ccc(OC)c(NC(=O)Cn2cnc3c(cnn3-c3cccc(Cl)c3)c2=O)c1. The van der Waals surface area contributed by atoms with Gasteiger partial charge < -0.3 is 14.8 Å². The number of carbonyl (C=O) groups excluding carboxylic acids is 1. The number of nitrogens with zero attached hydrogens (tertiary/aromatic N) is 4. The summed E-state index contributed by atoms with van der Waals surface area (Å²) in [6, 6.07) is 12.1. The second kappa shape index (κ2) is 8.49. The smallest absolute Gasteiger partial charge is 0.264 e. The van der Waals surface area contributed by atoms with Gasteiger partial charge in [0, 0.05) is 11.1 Å². The third-order valence-electron chi connectivity index (χ3n) is 4.60. The zero-order chi connectivity index (χ0) is 22.0. The van der Waals surface area contributed by atoms with Crippen LogP contribution in [0.25, 0.3) is 16.7 Å². The Hall–Kier alpha value is -3.85. The standard InChI is InChI=1S/C21H18ClN5O4/c1-30-15-6-7-18(31-2)17(9-15)25-19(28)11-26-12-23-20-16(21(26)29)10-24-27(20)14-5-3-4-13(22)8-14/h3-10,12H,11H2,1-2H3,(H,25,28). The molecular formula is C21H18ClN5O4. The highest BCUT2D eigenvalue weighted by molar-refractivity contribution is 6.30. The maximum Gasteiger partial charge on any atom is 0.264 e. The van der Waals surface area contributed by atoms with Crippen molar-refractivity contribution in [2.24, 2.45) is 0 Å². The van der Waals surface area contributed by atoms with Crippen molar-refractivity contribution in [3.8, 4) is 17.2 Å². The Bertz CT molecular complexity index is 1330. The lowest BCUT2D eigenvalue weighted by Crippen LogP contribution is -2.28. The molecule has 0 bridgehead atoms. The lowest BCUT2D eigenvalue weighted by Gasteiger charge is -2.12. The third-order valence-corrected chi connectivity index (χ3v) is 4.84. The van der Waals surface area contributed by atoms with Crippen molar-refractivity contribution in [1.29, 1.82) is 0 Å². The summed E-state index contributed by atoms with van der Waals surface area (Å²) in [5.74, 6) is 0.611. The Kier molecular flexibility index (Phi) is 5.59. The van der Waals surface area contributed by atoms with Crippen LogP contribution in [-0.4, -0.2) is 39.5 Å². The van der Waals surface area contributed by atoms with Gasteiger partial charge in [0.1, 0.15) is 29.8 Å². The molecule has 0 unspecified atom stereocenters. The molecule has 2 aromatic heterocycles. The van der Waals surface area contributed by atoms with E-state index < -0.39 is 5.91 Å². The summed E-state index contributed by atoms with van der Waals surface area (Å²) < 4.78 is 13.2. The number of benzene rings is 2. The average molecular weight is 440 g/mol. The van der Waals surface area contributed by atoms with E-state index in [0.29, 0.717) is 33.5 Å². The summed E-state index contributed by atoms with van der Waals surface area (Å²) in [6.07, 6.45) is 2.74. The molecule has 10 heteroatoms. The van der Waals surface area contributed by atoms with Gasteiger partial charge in [-0.3, -0.25) is 14.2 Å². The van der Waals surface area contributed by atoms with E-state index in [4.69, 9.17) is 21.1 Å². The second-order valence-corrected chi connectivity index (χ2v) is 7.00. The molecule has 4 rings (SSSR count). The number of amides is 1. The molecule has 0 aliphatic heterocycles. The molecule has 158 valence electrons. The highest BCUT2D eigenvalue weighted by atomic mass is 35.5. The molecule has 0 radical (unpaired) electrons. The van der Waals surface area contributed by atoms with Gasteiger partial charge in [0.05, 0.1) is 31.8 Å². The molecule has 0 fully saturated rings. The average Bonchev–Trinajstić information content (AvgIpc) is 3.20. The molecule has 2 heterocycles. The molecular weight excluding hydrogens is 422 g/mol. The third kappa shape index (κ3) is 4.08. The number of ether oxygens (including phenoxy) is 2. The highest BCUT2D eigenvalue weighted by Gasteiger charge is 2.15. The zero-order valence-electron chi connectivity index (χ0n) is 16.7. The molecule has 0 saturated heterocycles. The van der Waals surface area contributed by atoms with Crippen LogP contribution < -0.4 is 20.3 Å². The number of rotatable bonds is 6. The number of nitrogens with one attached hydrogen (secondary N) is 1. The summed E-state index contributed by atoms with van der Waals surface area (Å²) >= 11 is 6.05. The van der Waals surface area contributed by atoms with Gasteiger partial charge in [0.15, 0.2) is 5.65 Å². The largest absolute Gasteiger partial charge is 0.497 e. The van der Waals surface area contributed by atoms with Crippen LogP contribution in [0.1, 0.15) is 0 Å². The summed E-state index contributed by atoms with van der Waals surface area (Å²) in [5.41, 5.74) is 1.10. The topological polar surface area (TPSA) is 100 Å². The molecule has 0 spiro atoms. The quantitative estimate of drug-likeness (QED) is 0.496. The van der Waals surface area contributed by atoms with E-state index in [9.17, 15) is 9.59 Å². The van der Waals surface area contributed by atoms with Gasteiger partial charge >= 0.3 is 0 Å². The number of fused-ring (bicyclic) bond motifs is 1. The first-order chi connectivity index (χ1) is 15.0. The van der Waals surface area contributed by atoms with Gasteiger partial charge in [0.25, 0.3) is 5.56 Å². The molecule has 2 aromatic carbocycles. The summed E-state index contributed by atoms with van der Waals surface area (Å²) in [4.78, 5) is 29.8. The molecule has 4 aromatic rings. The molecule has 0 aliphatic carbocycles. The fraction of sp³-hybridized carbons (Fsp3) is 0.143. The minimum Gasteiger partial charge on any atom is -0.497 e. The Morgan fingerprint density at radius 2 is 2.00 bits per heavy atom. The van der Waals surface area contributed by atoms with Gasteiger partial charge in [-0.15, -0.1) is 0 Å². The van der Waals surface area contributed by atoms with Crippen LogP contribution in [0, 0.1) is 0 Å². The number of halogens is 1. The van der Waals surface area contributed by atoms with Crippen LogP contribution in [0.5, 0.6) is 11.5 Å². The van der Waals surface area contributed by atoms with Gasteiger partial charge in [0.2, 0.25) is 5.91 Å². The second-order valence-electron chi connectivity index (χ2n) is 6.57. The van der Waals surface area contributed by atoms with Gasteiger partial charge in [-0.1, -0.05) is 17.7 Å². The summed E-state index contributed by atoms with van der Waals surface area (Å²) in [6.45, 7) is -0.232. The summed E-state index contributed by atoms with van der Waals surface area (Å²) in [5, 5.41) is 7.81. The number of aromatic nitrogens is 4. The normalized spacial score (nSPS) is 10.8. The number of methoxy groups -OCH3 is 2. The predicted octanol–water partition coefficient (Wildman–Crippen LogP) is 2.89. The molecule has 0 aliphatic rings. The Balaban J connectivity index is 1.60. The number of hydrogen-bond donors (Lipinski definition) is 1. The zero-order valence-corrected chi connectivity index (χ0v) is 17.5. The van der Waals surface area contributed by atoms with E-state index in [1.54, 1.807) is 42.5 Å². The van der Waals surface area contributed by atoms with Crippen LogP contribution >= 0.6 is 11.6 Å². The van der Waals surface area contributed by atoms with Crippen molar-refractivity contribution in [1.82, 2.24) is 19.3 Å². The Labute approximate surface area is 181 Å². The summed E-state index contributed by atoms with van der Waals surface area (Å²) in [7, 11) is 3.02. The minimum atomic E-state index is -0.419. The maximum absolute atomic E-state index is 12.9. The minimum absolute atomic E-state index is 0.232. The van der Waals surface area contributed by atoms with Crippen molar-refractivity contribution in [3.63, 3.8) is 0 Å². The van der Waals surface area contributed by atoms with Crippen LogP contribution in [0.3, 0.4) is 0 Å². The lowest BCUT2D eigenvalue weighted by atomic mass is 10.2. The monoisotopic (exact) mass is 439 g/mol. The fourth-order valence-electron chi connectivity index (χ4n) is 3.11. The van der Waals surface area contributed by atoms with Crippen LogP contribution in [0.15, 0.2) is 59.8 Å². The fourth-order valence-corrected chi connectivity index (χ4v) is 3.30. The molecule has 1 N–H and O–H groups in total. The van der Waals surface area contributed by atoms with Gasteiger partial charge in [-0.25, -0.2) is 9.67 Å². The van der Waals surface area contributed by atoms with Crippen LogP contribution in [0.2, 0.25) is 5.02 Å². The van der Waals surface area contributed by atoms with E-state index in [0.717, 1.165) is 0 Å². The Morgan fingerprint density at radius 1 is 1.16 bits per heavy atom. The first-order valence-corrected chi connectivity index (χ1v) is 9.59. The Morgan fingerprint density at radius 3 is 2.74 bits per heavy atom. The van der Waals surface area contributed by atoms with Crippen molar-refractivity contribution in [3.05, 3.63) is 70.4 Å². The maximum atomic E-state index is 12.9. The highest BCUT2D eigenvalue weighted by Crippen LogP contribution is 2.28. The molecule has 31 heavy (non-hydrogen) atoms. The van der Waals surface area contributed by atoms with E-state index >= 15 is 0 Å².